The number of anilines is 1. The molecule has 166 valence electrons. The van der Waals surface area contributed by atoms with Crippen molar-refractivity contribution in [1.29, 1.82) is 0 Å². The summed E-state index contributed by atoms with van der Waals surface area (Å²) in [7, 11) is 0. The van der Waals surface area contributed by atoms with Crippen molar-refractivity contribution in [1.82, 2.24) is 4.90 Å². The summed E-state index contributed by atoms with van der Waals surface area (Å²) >= 11 is 0. The van der Waals surface area contributed by atoms with Gasteiger partial charge in [-0.3, -0.25) is 14.4 Å². The van der Waals surface area contributed by atoms with Crippen LogP contribution in [0.25, 0.3) is 0 Å². The van der Waals surface area contributed by atoms with E-state index >= 15 is 0 Å². The Hall–Kier alpha value is -3.35. The van der Waals surface area contributed by atoms with Crippen molar-refractivity contribution in [3.63, 3.8) is 0 Å². The highest BCUT2D eigenvalue weighted by Gasteiger charge is 2.45. The molecule has 3 aliphatic rings. The average Bonchev–Trinajstić information content (AvgIpc) is 3.41. The molecule has 3 amide bonds. The molecule has 0 aromatic heterocycles. The number of ether oxygens (including phenoxy) is 2. The first-order valence-electron chi connectivity index (χ1n) is 11.2. The fourth-order valence-electron chi connectivity index (χ4n) is 4.87. The normalized spacial score (nSPS) is 20.6. The number of fused-ring (bicyclic) bond motifs is 1. The van der Waals surface area contributed by atoms with Gasteiger partial charge < -0.3 is 14.4 Å². The number of carbonyl (C=O) groups excluding carboxylic acids is 3. The van der Waals surface area contributed by atoms with Crippen molar-refractivity contribution in [2.24, 2.45) is 5.92 Å². The first kappa shape index (κ1) is 20.5. The highest BCUT2D eigenvalue weighted by atomic mass is 16.7. The van der Waals surface area contributed by atoms with E-state index in [4.69, 9.17) is 9.47 Å². The van der Waals surface area contributed by atoms with E-state index in [1.54, 1.807) is 29.2 Å². The second-order valence-electron chi connectivity index (χ2n) is 8.61. The average molecular weight is 434 g/mol. The molecule has 0 radical (unpaired) electrons. The minimum Gasteiger partial charge on any atom is -0.454 e. The number of hydrogen-bond donors (Lipinski definition) is 0. The third kappa shape index (κ3) is 3.83. The molecule has 2 aliphatic heterocycles. The number of para-hydroxylation sites is 1. The van der Waals surface area contributed by atoms with Crippen molar-refractivity contribution >= 4 is 23.4 Å². The van der Waals surface area contributed by atoms with Gasteiger partial charge in [0, 0.05) is 12.5 Å². The Kier molecular flexibility index (Phi) is 5.55. The van der Waals surface area contributed by atoms with Gasteiger partial charge in [-0.15, -0.1) is 0 Å². The maximum atomic E-state index is 13.6. The molecule has 32 heavy (non-hydrogen) atoms. The number of benzene rings is 2. The van der Waals surface area contributed by atoms with E-state index in [0.717, 1.165) is 37.7 Å². The van der Waals surface area contributed by atoms with E-state index in [1.165, 1.54) is 4.90 Å². The maximum Gasteiger partial charge on any atom is 0.257 e. The molecule has 2 aromatic rings. The van der Waals surface area contributed by atoms with Crippen molar-refractivity contribution in [2.45, 2.75) is 51.1 Å². The van der Waals surface area contributed by atoms with Crippen molar-refractivity contribution in [3.05, 3.63) is 54.1 Å². The summed E-state index contributed by atoms with van der Waals surface area (Å²) in [5.41, 5.74) is 1.38. The molecular formula is C25H26N2O5. The predicted octanol–water partition coefficient (Wildman–Crippen LogP) is 3.66. The third-order valence-corrected chi connectivity index (χ3v) is 6.54. The van der Waals surface area contributed by atoms with Crippen LogP contribution in [0.4, 0.5) is 5.69 Å². The first-order chi connectivity index (χ1) is 15.6. The van der Waals surface area contributed by atoms with Gasteiger partial charge in [0.1, 0.15) is 6.04 Å². The van der Waals surface area contributed by atoms with Gasteiger partial charge in [0.25, 0.3) is 5.91 Å². The summed E-state index contributed by atoms with van der Waals surface area (Å²) in [6.07, 6.45) is 4.82. The summed E-state index contributed by atoms with van der Waals surface area (Å²) in [4.78, 5) is 42.7. The molecule has 1 aliphatic carbocycles. The van der Waals surface area contributed by atoms with Crippen LogP contribution < -0.4 is 14.4 Å². The Morgan fingerprint density at radius 3 is 2.50 bits per heavy atom. The number of rotatable bonds is 5. The number of carbonyl (C=O) groups is 3. The highest BCUT2D eigenvalue weighted by molar-refractivity contribution is 6.23. The summed E-state index contributed by atoms with van der Waals surface area (Å²) in [5.74, 6) is 0.535. The molecule has 0 spiro atoms. The number of amides is 3. The quantitative estimate of drug-likeness (QED) is 0.672. The van der Waals surface area contributed by atoms with Crippen LogP contribution in [-0.2, 0) is 20.9 Å². The number of nitrogens with zero attached hydrogens (tertiary/aromatic N) is 2. The van der Waals surface area contributed by atoms with Crippen molar-refractivity contribution in [3.8, 4) is 11.5 Å². The monoisotopic (exact) mass is 434 g/mol. The second kappa shape index (κ2) is 8.65. The Morgan fingerprint density at radius 2 is 1.72 bits per heavy atom. The smallest absolute Gasteiger partial charge is 0.257 e. The Balaban J connectivity index is 1.44. The van der Waals surface area contributed by atoms with Crippen LogP contribution in [0.1, 0.15) is 44.1 Å². The topological polar surface area (TPSA) is 76.1 Å². The Bertz CT molecular complexity index is 1030. The minimum absolute atomic E-state index is 0.00323. The summed E-state index contributed by atoms with van der Waals surface area (Å²) in [6, 6.07) is 13.6. The fraction of sp³-hybridized carbons (Fsp3) is 0.400. The zero-order valence-corrected chi connectivity index (χ0v) is 17.9. The first-order valence-corrected chi connectivity index (χ1v) is 11.2. The Labute approximate surface area is 186 Å². The van der Waals surface area contributed by atoms with E-state index in [-0.39, 0.29) is 43.4 Å². The second-order valence-corrected chi connectivity index (χ2v) is 8.61. The molecule has 1 saturated heterocycles. The third-order valence-electron chi connectivity index (χ3n) is 6.54. The van der Waals surface area contributed by atoms with Gasteiger partial charge in [-0.25, -0.2) is 4.90 Å². The zero-order valence-electron chi connectivity index (χ0n) is 17.9. The van der Waals surface area contributed by atoms with Crippen LogP contribution in [0.3, 0.4) is 0 Å². The van der Waals surface area contributed by atoms with E-state index in [9.17, 15) is 14.4 Å². The fourth-order valence-corrected chi connectivity index (χ4v) is 4.87. The van der Waals surface area contributed by atoms with Crippen LogP contribution in [0.15, 0.2) is 48.5 Å². The maximum absolute atomic E-state index is 13.6. The standard InChI is InChI=1S/C25H26N2O5/c28-23-14-20(25(30)27(23)19-9-5-2-6-10-19)26(24(29)18-7-3-1-4-8-18)15-17-11-12-21-22(13-17)32-16-31-21/h2,5-6,9-13,18,20H,1,3-4,7-8,14-16H2. The molecule has 0 N–H and O–H groups in total. The number of hydrogen-bond acceptors (Lipinski definition) is 5. The molecule has 5 rings (SSSR count). The molecule has 1 atom stereocenters. The zero-order chi connectivity index (χ0) is 22.1. The lowest BCUT2D eigenvalue weighted by Crippen LogP contribution is -2.47. The van der Waals surface area contributed by atoms with Gasteiger partial charge in [-0.05, 0) is 42.7 Å². The summed E-state index contributed by atoms with van der Waals surface area (Å²) < 4.78 is 10.9. The van der Waals surface area contributed by atoms with Crippen LogP contribution in [0.5, 0.6) is 11.5 Å². The number of imide groups is 1. The SMILES string of the molecule is O=C1CC(N(Cc2ccc3c(c2)OCO3)C(=O)C2CCCCC2)C(=O)N1c1ccccc1. The lowest BCUT2D eigenvalue weighted by Gasteiger charge is -2.32. The molecule has 1 saturated carbocycles. The minimum atomic E-state index is -0.803. The van der Waals surface area contributed by atoms with Gasteiger partial charge in [0.15, 0.2) is 11.5 Å². The summed E-state index contributed by atoms with van der Waals surface area (Å²) in [5, 5.41) is 0. The molecule has 2 heterocycles. The van der Waals surface area contributed by atoms with Gasteiger partial charge in [0.05, 0.1) is 12.1 Å². The molecule has 1 unspecified atom stereocenters. The molecule has 7 heteroatoms. The Morgan fingerprint density at radius 1 is 0.969 bits per heavy atom. The van der Waals surface area contributed by atoms with Gasteiger partial charge in [0.2, 0.25) is 18.6 Å². The van der Waals surface area contributed by atoms with E-state index in [2.05, 4.69) is 0 Å². The van der Waals surface area contributed by atoms with Gasteiger partial charge in [-0.1, -0.05) is 43.5 Å². The van der Waals surface area contributed by atoms with Gasteiger partial charge >= 0.3 is 0 Å². The van der Waals surface area contributed by atoms with Crippen LogP contribution >= 0.6 is 0 Å². The lowest BCUT2D eigenvalue weighted by molar-refractivity contribution is -0.143. The predicted molar refractivity (Wildman–Crippen MR) is 117 cm³/mol. The lowest BCUT2D eigenvalue weighted by atomic mass is 9.87. The van der Waals surface area contributed by atoms with E-state index < -0.39 is 6.04 Å². The molecular weight excluding hydrogens is 408 g/mol. The van der Waals surface area contributed by atoms with E-state index in [1.807, 2.05) is 24.3 Å². The molecule has 2 aromatic carbocycles. The molecule has 7 nitrogen and oxygen atoms in total. The van der Waals surface area contributed by atoms with Gasteiger partial charge in [-0.2, -0.15) is 0 Å². The molecule has 0 bridgehead atoms. The van der Waals surface area contributed by atoms with Crippen molar-refractivity contribution < 1.29 is 23.9 Å². The largest absolute Gasteiger partial charge is 0.454 e. The van der Waals surface area contributed by atoms with Crippen LogP contribution in [-0.4, -0.2) is 35.5 Å². The summed E-state index contributed by atoms with van der Waals surface area (Å²) in [6.45, 7) is 0.420. The molecule has 2 fully saturated rings. The van der Waals surface area contributed by atoms with Crippen LogP contribution in [0, 0.1) is 5.92 Å². The van der Waals surface area contributed by atoms with E-state index in [0.29, 0.717) is 17.2 Å². The van der Waals surface area contributed by atoms with Crippen LogP contribution in [0.2, 0.25) is 0 Å². The highest BCUT2D eigenvalue weighted by Crippen LogP contribution is 2.35. The van der Waals surface area contributed by atoms with Crippen molar-refractivity contribution in [2.75, 3.05) is 11.7 Å².